The molecule has 2 amide bonds. The zero-order chi connectivity index (χ0) is 15.6. The lowest BCUT2D eigenvalue weighted by atomic mass is 10.2. The van der Waals surface area contributed by atoms with Crippen LogP contribution in [0.3, 0.4) is 0 Å². The summed E-state index contributed by atoms with van der Waals surface area (Å²) in [6, 6.07) is 3.59. The number of benzene rings is 1. The molecule has 1 fully saturated rings. The van der Waals surface area contributed by atoms with E-state index in [2.05, 4.69) is 5.32 Å². The number of nitrogens with one attached hydrogen (secondary N) is 1. The molecule has 1 aromatic carbocycles. The molecule has 0 aliphatic carbocycles. The normalized spacial score (nSPS) is 21.2. The summed E-state index contributed by atoms with van der Waals surface area (Å²) in [4.78, 5) is 24.4. The number of anilines is 1. The fourth-order valence-corrected chi connectivity index (χ4v) is 2.42. The van der Waals surface area contributed by atoms with Gasteiger partial charge < -0.3 is 25.2 Å². The summed E-state index contributed by atoms with van der Waals surface area (Å²) >= 11 is 0. The second-order valence-corrected chi connectivity index (χ2v) is 5.01. The summed E-state index contributed by atoms with van der Waals surface area (Å²) in [5, 5.41) is 21.3. The van der Waals surface area contributed by atoms with Crippen molar-refractivity contribution >= 4 is 17.7 Å². The lowest BCUT2D eigenvalue weighted by molar-refractivity contribution is -0.141. The first kappa shape index (κ1) is 15.1. The number of carboxylic acid groups (broad SMARTS) is 1. The molecule has 2 rings (SSSR count). The minimum atomic E-state index is -1.12. The number of methoxy groups -OCH3 is 1. The maximum absolute atomic E-state index is 12.2. The number of urea groups is 1. The number of hydrogen-bond donors (Lipinski definition) is 3. The third-order valence-electron chi connectivity index (χ3n) is 3.47. The number of carbonyl (C=O) groups excluding carboxylic acids is 1. The quantitative estimate of drug-likeness (QED) is 0.774. The Morgan fingerprint density at radius 1 is 1.43 bits per heavy atom. The Labute approximate surface area is 122 Å². The molecular weight excluding hydrogens is 276 g/mol. The SMILES string of the molecule is COc1ccc(NC(=O)N2C[C@H](O)C[C@H]2C(=O)O)cc1C. The molecule has 7 nitrogen and oxygen atoms in total. The van der Waals surface area contributed by atoms with Gasteiger partial charge in [0.15, 0.2) is 0 Å². The third kappa shape index (κ3) is 3.25. The Bertz CT molecular complexity index is 560. The van der Waals surface area contributed by atoms with Gasteiger partial charge >= 0.3 is 12.0 Å². The van der Waals surface area contributed by atoms with Gasteiger partial charge in [-0.1, -0.05) is 0 Å². The maximum atomic E-state index is 12.2. The first-order valence-electron chi connectivity index (χ1n) is 6.55. The summed E-state index contributed by atoms with van der Waals surface area (Å²) in [5.74, 6) is -0.416. The smallest absolute Gasteiger partial charge is 0.326 e. The molecular formula is C14H18N2O5. The number of aryl methyl sites for hydroxylation is 1. The van der Waals surface area contributed by atoms with E-state index in [4.69, 9.17) is 9.84 Å². The molecule has 21 heavy (non-hydrogen) atoms. The Morgan fingerprint density at radius 2 is 2.14 bits per heavy atom. The molecule has 7 heteroatoms. The van der Waals surface area contributed by atoms with Crippen LogP contribution < -0.4 is 10.1 Å². The molecule has 1 heterocycles. The van der Waals surface area contributed by atoms with Gasteiger partial charge in [-0.2, -0.15) is 0 Å². The average molecular weight is 294 g/mol. The summed E-state index contributed by atoms with van der Waals surface area (Å²) in [6.07, 6.45) is -0.765. The number of carboxylic acids is 1. The monoisotopic (exact) mass is 294 g/mol. The number of aliphatic hydroxyl groups is 1. The second kappa shape index (κ2) is 6.01. The van der Waals surface area contributed by atoms with Crippen molar-refractivity contribution < 1.29 is 24.5 Å². The Balaban J connectivity index is 2.10. The van der Waals surface area contributed by atoms with Crippen LogP contribution >= 0.6 is 0 Å². The van der Waals surface area contributed by atoms with Crippen LogP contribution in [0, 0.1) is 6.92 Å². The molecule has 1 aliphatic rings. The van der Waals surface area contributed by atoms with Gasteiger partial charge in [-0.05, 0) is 30.7 Å². The van der Waals surface area contributed by atoms with Gasteiger partial charge in [0, 0.05) is 18.7 Å². The molecule has 1 aromatic rings. The van der Waals surface area contributed by atoms with E-state index < -0.39 is 24.1 Å². The minimum Gasteiger partial charge on any atom is -0.496 e. The number of hydrogen-bond acceptors (Lipinski definition) is 4. The van der Waals surface area contributed by atoms with Crippen molar-refractivity contribution in [2.24, 2.45) is 0 Å². The highest BCUT2D eigenvalue weighted by molar-refractivity contribution is 5.93. The van der Waals surface area contributed by atoms with E-state index in [0.29, 0.717) is 11.4 Å². The van der Waals surface area contributed by atoms with Crippen LogP contribution in [0.15, 0.2) is 18.2 Å². The van der Waals surface area contributed by atoms with Crippen molar-refractivity contribution in [1.82, 2.24) is 4.90 Å². The van der Waals surface area contributed by atoms with Crippen molar-refractivity contribution in [2.45, 2.75) is 25.5 Å². The van der Waals surface area contributed by atoms with Crippen LogP contribution in [0.1, 0.15) is 12.0 Å². The molecule has 0 bridgehead atoms. The van der Waals surface area contributed by atoms with Gasteiger partial charge in [0.25, 0.3) is 0 Å². The van der Waals surface area contributed by atoms with Crippen molar-refractivity contribution in [3.63, 3.8) is 0 Å². The first-order valence-corrected chi connectivity index (χ1v) is 6.55. The highest BCUT2D eigenvalue weighted by Gasteiger charge is 2.38. The fraction of sp³-hybridized carbons (Fsp3) is 0.429. The molecule has 0 aromatic heterocycles. The Hall–Kier alpha value is -2.28. The first-order chi connectivity index (χ1) is 9.92. The van der Waals surface area contributed by atoms with Crippen LogP contribution in [0.5, 0.6) is 5.75 Å². The third-order valence-corrected chi connectivity index (χ3v) is 3.47. The predicted octanol–water partition coefficient (Wildman–Crippen LogP) is 1.06. The zero-order valence-corrected chi connectivity index (χ0v) is 11.9. The molecule has 1 saturated heterocycles. The van der Waals surface area contributed by atoms with E-state index in [0.717, 1.165) is 10.5 Å². The number of carbonyl (C=O) groups is 2. The molecule has 0 spiro atoms. The van der Waals surface area contributed by atoms with Crippen molar-refractivity contribution in [1.29, 1.82) is 0 Å². The Morgan fingerprint density at radius 3 is 2.71 bits per heavy atom. The van der Waals surface area contributed by atoms with E-state index >= 15 is 0 Å². The molecule has 0 saturated carbocycles. The van der Waals surface area contributed by atoms with E-state index in [1.807, 2.05) is 6.92 Å². The second-order valence-electron chi connectivity index (χ2n) is 5.01. The van der Waals surface area contributed by atoms with Crippen molar-refractivity contribution in [3.05, 3.63) is 23.8 Å². The van der Waals surface area contributed by atoms with E-state index in [1.165, 1.54) is 0 Å². The van der Waals surface area contributed by atoms with Gasteiger partial charge in [-0.15, -0.1) is 0 Å². The number of likely N-dealkylation sites (tertiary alicyclic amines) is 1. The molecule has 0 unspecified atom stereocenters. The largest absolute Gasteiger partial charge is 0.496 e. The van der Waals surface area contributed by atoms with Crippen LogP contribution in [-0.2, 0) is 4.79 Å². The van der Waals surface area contributed by atoms with Gasteiger partial charge in [0.1, 0.15) is 11.8 Å². The number of amides is 2. The van der Waals surface area contributed by atoms with Gasteiger partial charge in [0.05, 0.1) is 13.2 Å². The zero-order valence-electron chi connectivity index (χ0n) is 11.9. The molecule has 2 atom stereocenters. The standard InChI is InChI=1S/C14H18N2O5/c1-8-5-9(3-4-12(8)21-2)15-14(20)16-7-10(17)6-11(16)13(18)19/h3-5,10-11,17H,6-7H2,1-2H3,(H,15,20)(H,18,19)/t10-,11+/m1/s1. The average Bonchev–Trinajstić information content (AvgIpc) is 2.81. The molecule has 1 aliphatic heterocycles. The Kier molecular flexibility index (Phi) is 4.32. The van der Waals surface area contributed by atoms with Crippen LogP contribution in [0.2, 0.25) is 0 Å². The molecule has 0 radical (unpaired) electrons. The topological polar surface area (TPSA) is 99.1 Å². The van der Waals surface area contributed by atoms with Crippen molar-refractivity contribution in [3.8, 4) is 5.75 Å². The van der Waals surface area contributed by atoms with Crippen LogP contribution in [0.25, 0.3) is 0 Å². The van der Waals surface area contributed by atoms with Crippen molar-refractivity contribution in [2.75, 3.05) is 19.0 Å². The van der Waals surface area contributed by atoms with Gasteiger partial charge in [0.2, 0.25) is 0 Å². The summed E-state index contributed by atoms with van der Waals surface area (Å²) < 4.78 is 5.13. The van der Waals surface area contributed by atoms with Crippen LogP contribution in [-0.4, -0.2) is 52.9 Å². The fourth-order valence-electron chi connectivity index (χ4n) is 2.42. The maximum Gasteiger partial charge on any atom is 0.326 e. The van der Waals surface area contributed by atoms with Crippen LogP contribution in [0.4, 0.5) is 10.5 Å². The summed E-state index contributed by atoms with van der Waals surface area (Å²) in [6.45, 7) is 1.85. The lowest BCUT2D eigenvalue weighted by Crippen LogP contribution is -2.43. The molecule has 3 N–H and O–H groups in total. The number of rotatable bonds is 3. The molecule has 114 valence electrons. The number of nitrogens with zero attached hydrogens (tertiary/aromatic N) is 1. The summed E-state index contributed by atoms with van der Waals surface area (Å²) in [7, 11) is 1.56. The number of aliphatic carboxylic acids is 1. The van der Waals surface area contributed by atoms with E-state index in [1.54, 1.807) is 25.3 Å². The summed E-state index contributed by atoms with van der Waals surface area (Å²) in [5.41, 5.74) is 1.40. The minimum absolute atomic E-state index is 0.0118. The van der Waals surface area contributed by atoms with E-state index in [9.17, 15) is 14.7 Å². The lowest BCUT2D eigenvalue weighted by Gasteiger charge is -2.21. The highest BCUT2D eigenvalue weighted by Crippen LogP contribution is 2.23. The number of ether oxygens (including phenoxy) is 1. The predicted molar refractivity (Wildman–Crippen MR) is 75.5 cm³/mol. The van der Waals surface area contributed by atoms with E-state index in [-0.39, 0.29) is 13.0 Å². The van der Waals surface area contributed by atoms with Gasteiger partial charge in [-0.3, -0.25) is 0 Å². The number of aliphatic hydroxyl groups excluding tert-OH is 1. The highest BCUT2D eigenvalue weighted by atomic mass is 16.5. The van der Waals surface area contributed by atoms with Gasteiger partial charge in [-0.25, -0.2) is 9.59 Å². The number of β-amino-alcohol motifs (C(OH)–C–C–N with tert-alkyl or cyclic N) is 1.